The van der Waals surface area contributed by atoms with E-state index in [4.69, 9.17) is 26.6 Å². The minimum atomic E-state index is -0.456. The van der Waals surface area contributed by atoms with Crippen LogP contribution in [0.4, 0.5) is 4.39 Å². The molecule has 1 aliphatic rings. The lowest BCUT2D eigenvalue weighted by atomic mass is 10.0. The van der Waals surface area contributed by atoms with Crippen LogP contribution in [0.1, 0.15) is 29.8 Å². The van der Waals surface area contributed by atoms with Gasteiger partial charge in [0.05, 0.1) is 5.02 Å². The molecule has 0 unspecified atom stereocenters. The molecule has 1 aromatic carbocycles. The lowest BCUT2D eigenvalue weighted by molar-refractivity contribution is 0.0642. The van der Waals surface area contributed by atoms with Crippen molar-refractivity contribution in [2.75, 3.05) is 13.2 Å². The van der Waals surface area contributed by atoms with E-state index in [1.807, 2.05) is 0 Å². The summed E-state index contributed by atoms with van der Waals surface area (Å²) in [6, 6.07) is 4.83. The molecule has 1 aromatic heterocycles. The molecule has 5 nitrogen and oxygen atoms in total. The molecule has 2 N–H and O–H groups in total. The third-order valence-corrected chi connectivity index (χ3v) is 3.92. The second-order valence-electron chi connectivity index (χ2n) is 5.01. The summed E-state index contributed by atoms with van der Waals surface area (Å²) in [4.78, 5) is 4.29. The van der Waals surface area contributed by atoms with Crippen LogP contribution in [0.15, 0.2) is 22.7 Å². The summed E-state index contributed by atoms with van der Waals surface area (Å²) in [5, 5.41) is 3.96. The van der Waals surface area contributed by atoms with Crippen LogP contribution in [0.2, 0.25) is 5.02 Å². The first-order valence-electron chi connectivity index (χ1n) is 6.76. The lowest BCUT2D eigenvalue weighted by Gasteiger charge is -2.11. The summed E-state index contributed by atoms with van der Waals surface area (Å²) in [5.41, 5.74) is 6.12. The molecule has 3 rings (SSSR count). The van der Waals surface area contributed by atoms with Gasteiger partial charge in [-0.25, -0.2) is 4.39 Å². The Labute approximate surface area is 126 Å². The molecule has 2 atom stereocenters. The number of nitrogens with two attached hydrogens (primary N) is 1. The molecule has 1 saturated heterocycles. The largest absolute Gasteiger partial charge is 0.368 e. The zero-order chi connectivity index (χ0) is 14.8. The van der Waals surface area contributed by atoms with E-state index in [9.17, 15) is 4.39 Å². The van der Waals surface area contributed by atoms with E-state index in [0.717, 1.165) is 6.42 Å². The van der Waals surface area contributed by atoms with Crippen LogP contribution >= 0.6 is 11.6 Å². The van der Waals surface area contributed by atoms with Crippen molar-refractivity contribution >= 4 is 11.6 Å². The third kappa shape index (κ3) is 2.92. The van der Waals surface area contributed by atoms with Gasteiger partial charge in [0, 0.05) is 18.9 Å². The topological polar surface area (TPSA) is 74.2 Å². The van der Waals surface area contributed by atoms with Crippen molar-refractivity contribution in [1.29, 1.82) is 0 Å². The monoisotopic (exact) mass is 311 g/mol. The van der Waals surface area contributed by atoms with Crippen molar-refractivity contribution in [3.63, 3.8) is 0 Å². The summed E-state index contributed by atoms with van der Waals surface area (Å²) in [7, 11) is 0. The highest BCUT2D eigenvalue weighted by Gasteiger charge is 2.33. The molecule has 21 heavy (non-hydrogen) atoms. The first kappa shape index (κ1) is 14.4. The minimum absolute atomic E-state index is 0.0820. The average molecular weight is 312 g/mol. The van der Waals surface area contributed by atoms with Crippen LogP contribution in [0.25, 0.3) is 0 Å². The van der Waals surface area contributed by atoms with Gasteiger partial charge in [0.25, 0.3) is 5.89 Å². The van der Waals surface area contributed by atoms with Gasteiger partial charge < -0.3 is 15.0 Å². The zero-order valence-corrected chi connectivity index (χ0v) is 12.0. The van der Waals surface area contributed by atoms with Crippen LogP contribution in [-0.2, 0) is 11.2 Å². The molecule has 2 heterocycles. The average Bonchev–Trinajstić information content (AvgIpc) is 3.12. The van der Waals surface area contributed by atoms with Crippen LogP contribution < -0.4 is 5.73 Å². The van der Waals surface area contributed by atoms with E-state index >= 15 is 0 Å². The maximum atomic E-state index is 13.9. The second kappa shape index (κ2) is 6.09. The summed E-state index contributed by atoms with van der Waals surface area (Å²) in [5.74, 6) is 0.529. The van der Waals surface area contributed by atoms with Crippen LogP contribution in [0.3, 0.4) is 0 Å². The van der Waals surface area contributed by atoms with E-state index in [-0.39, 0.29) is 23.5 Å². The van der Waals surface area contributed by atoms with Gasteiger partial charge >= 0.3 is 0 Å². The van der Waals surface area contributed by atoms with E-state index in [1.54, 1.807) is 12.1 Å². The summed E-state index contributed by atoms with van der Waals surface area (Å²) in [6.45, 7) is 1.14. The van der Waals surface area contributed by atoms with Crippen molar-refractivity contribution in [3.05, 3.63) is 46.3 Å². The van der Waals surface area contributed by atoms with Crippen molar-refractivity contribution in [2.45, 2.75) is 18.9 Å². The van der Waals surface area contributed by atoms with Gasteiger partial charge in [-0.05, 0) is 24.6 Å². The van der Waals surface area contributed by atoms with E-state index in [2.05, 4.69) is 10.1 Å². The summed E-state index contributed by atoms with van der Waals surface area (Å²) in [6.07, 6.45) is 0.831. The fourth-order valence-corrected chi connectivity index (χ4v) is 2.65. The lowest BCUT2D eigenvalue weighted by Crippen LogP contribution is -2.18. The normalized spacial score (nSPS) is 21.9. The Morgan fingerprint density at radius 1 is 1.43 bits per heavy atom. The standard InChI is InChI=1S/C14H15ClFN3O2/c15-10-3-1-2-8(12(10)16)6-11-18-14(21-19-11)13-9(7-17)4-5-20-13/h1-3,9,13H,4-7,17H2/t9-,13-/m0/s1. The molecule has 1 aliphatic heterocycles. The second-order valence-corrected chi connectivity index (χ2v) is 5.42. The number of hydrogen-bond acceptors (Lipinski definition) is 5. The fourth-order valence-electron chi connectivity index (χ4n) is 2.46. The highest BCUT2D eigenvalue weighted by atomic mass is 35.5. The molecular weight excluding hydrogens is 297 g/mol. The highest BCUT2D eigenvalue weighted by Crippen LogP contribution is 2.33. The van der Waals surface area contributed by atoms with Gasteiger partial charge in [-0.15, -0.1) is 0 Å². The molecular formula is C14H15ClFN3O2. The predicted octanol–water partition coefficient (Wildman–Crippen LogP) is 2.49. The number of ether oxygens (including phenoxy) is 1. The molecule has 1 fully saturated rings. The number of nitrogens with zero attached hydrogens (tertiary/aromatic N) is 2. The van der Waals surface area contributed by atoms with Crippen molar-refractivity contribution in [1.82, 2.24) is 10.1 Å². The predicted molar refractivity (Wildman–Crippen MR) is 74.4 cm³/mol. The summed E-state index contributed by atoms with van der Waals surface area (Å²) < 4.78 is 24.7. The van der Waals surface area contributed by atoms with Crippen LogP contribution in [0.5, 0.6) is 0 Å². The van der Waals surface area contributed by atoms with Crippen LogP contribution in [0, 0.1) is 11.7 Å². The van der Waals surface area contributed by atoms with E-state index in [0.29, 0.717) is 30.4 Å². The van der Waals surface area contributed by atoms with Gasteiger partial charge in [-0.3, -0.25) is 0 Å². The number of hydrogen-bond donors (Lipinski definition) is 1. The third-order valence-electron chi connectivity index (χ3n) is 3.62. The SMILES string of the molecule is NC[C@@H]1CCO[C@@H]1c1nc(Cc2cccc(Cl)c2F)no1. The zero-order valence-electron chi connectivity index (χ0n) is 11.3. The molecule has 0 radical (unpaired) electrons. The number of aromatic nitrogens is 2. The quantitative estimate of drug-likeness (QED) is 0.939. The maximum absolute atomic E-state index is 13.9. The Bertz CT molecular complexity index is 634. The molecule has 0 spiro atoms. The smallest absolute Gasteiger partial charge is 0.256 e. The number of rotatable bonds is 4. The Balaban J connectivity index is 1.77. The minimum Gasteiger partial charge on any atom is -0.368 e. The molecule has 0 bridgehead atoms. The molecule has 0 amide bonds. The maximum Gasteiger partial charge on any atom is 0.256 e. The van der Waals surface area contributed by atoms with Gasteiger partial charge in [0.2, 0.25) is 0 Å². The molecule has 0 saturated carbocycles. The molecule has 112 valence electrons. The first-order valence-corrected chi connectivity index (χ1v) is 7.14. The van der Waals surface area contributed by atoms with Crippen LogP contribution in [-0.4, -0.2) is 23.3 Å². The summed E-state index contributed by atoms with van der Waals surface area (Å²) >= 11 is 5.75. The Kier molecular flexibility index (Phi) is 4.19. The molecule has 2 aromatic rings. The number of benzene rings is 1. The molecule has 7 heteroatoms. The first-order chi connectivity index (χ1) is 10.2. The van der Waals surface area contributed by atoms with Gasteiger partial charge in [-0.1, -0.05) is 28.9 Å². The van der Waals surface area contributed by atoms with E-state index in [1.165, 1.54) is 6.07 Å². The van der Waals surface area contributed by atoms with Crippen molar-refractivity contribution in [3.8, 4) is 0 Å². The van der Waals surface area contributed by atoms with E-state index < -0.39 is 5.82 Å². The Hall–Kier alpha value is -1.50. The van der Waals surface area contributed by atoms with Crippen molar-refractivity contribution in [2.24, 2.45) is 11.7 Å². The number of halogens is 2. The van der Waals surface area contributed by atoms with Gasteiger partial charge in [0.1, 0.15) is 11.9 Å². The van der Waals surface area contributed by atoms with Gasteiger partial charge in [-0.2, -0.15) is 4.98 Å². The highest BCUT2D eigenvalue weighted by molar-refractivity contribution is 6.30. The molecule has 0 aliphatic carbocycles. The fraction of sp³-hybridized carbons (Fsp3) is 0.429. The Morgan fingerprint density at radius 3 is 3.10 bits per heavy atom. The van der Waals surface area contributed by atoms with Crippen molar-refractivity contribution < 1.29 is 13.7 Å². The Morgan fingerprint density at radius 2 is 2.29 bits per heavy atom. The van der Waals surface area contributed by atoms with Gasteiger partial charge in [0.15, 0.2) is 5.82 Å².